The Kier molecular flexibility index (Phi) is 3.86. The van der Waals surface area contributed by atoms with E-state index in [0.717, 1.165) is 31.1 Å². The SMILES string of the molecule is CCN(CC)CC1COc2ccccc2N1N. The van der Waals surface area contributed by atoms with Gasteiger partial charge in [-0.25, -0.2) is 5.84 Å². The predicted molar refractivity (Wildman–Crippen MR) is 70.2 cm³/mol. The van der Waals surface area contributed by atoms with E-state index in [9.17, 15) is 0 Å². The van der Waals surface area contributed by atoms with Crippen LogP contribution in [0.4, 0.5) is 5.69 Å². The van der Waals surface area contributed by atoms with Crippen molar-refractivity contribution in [3.05, 3.63) is 24.3 Å². The van der Waals surface area contributed by atoms with Crippen LogP contribution in [0.5, 0.6) is 5.75 Å². The first-order valence-corrected chi connectivity index (χ1v) is 6.24. The van der Waals surface area contributed by atoms with Gasteiger partial charge in [0.05, 0.1) is 11.7 Å². The molecule has 1 aliphatic heterocycles. The van der Waals surface area contributed by atoms with Crippen LogP contribution in [0.1, 0.15) is 13.8 Å². The van der Waals surface area contributed by atoms with Crippen molar-refractivity contribution in [2.24, 2.45) is 5.84 Å². The number of hydrogen-bond acceptors (Lipinski definition) is 4. The highest BCUT2D eigenvalue weighted by atomic mass is 16.5. The van der Waals surface area contributed by atoms with Crippen molar-refractivity contribution in [1.29, 1.82) is 0 Å². The van der Waals surface area contributed by atoms with Crippen LogP contribution in [-0.4, -0.2) is 37.2 Å². The summed E-state index contributed by atoms with van der Waals surface area (Å²) in [6.45, 7) is 8.02. The number of rotatable bonds is 4. The summed E-state index contributed by atoms with van der Waals surface area (Å²) in [7, 11) is 0. The minimum absolute atomic E-state index is 0.227. The van der Waals surface area contributed by atoms with Gasteiger partial charge in [0.15, 0.2) is 0 Å². The summed E-state index contributed by atoms with van der Waals surface area (Å²) >= 11 is 0. The number of anilines is 1. The van der Waals surface area contributed by atoms with Gasteiger partial charge < -0.3 is 9.64 Å². The molecule has 1 aliphatic rings. The van der Waals surface area contributed by atoms with Crippen LogP contribution in [0, 0.1) is 0 Å². The largest absolute Gasteiger partial charge is 0.489 e. The second-order valence-electron chi connectivity index (χ2n) is 4.33. The summed E-state index contributed by atoms with van der Waals surface area (Å²) < 4.78 is 5.75. The number of hydrogen-bond donors (Lipinski definition) is 1. The molecule has 0 fully saturated rings. The van der Waals surface area contributed by atoms with Gasteiger partial charge in [0.25, 0.3) is 0 Å². The Labute approximate surface area is 103 Å². The van der Waals surface area contributed by atoms with E-state index in [0.29, 0.717) is 6.61 Å². The van der Waals surface area contributed by atoms with Crippen molar-refractivity contribution < 1.29 is 4.74 Å². The molecule has 4 nitrogen and oxygen atoms in total. The zero-order valence-electron chi connectivity index (χ0n) is 10.6. The molecule has 2 rings (SSSR count). The lowest BCUT2D eigenvalue weighted by atomic mass is 10.2. The van der Waals surface area contributed by atoms with Gasteiger partial charge in [-0.1, -0.05) is 26.0 Å². The van der Waals surface area contributed by atoms with Crippen molar-refractivity contribution >= 4 is 5.69 Å². The molecule has 1 aromatic carbocycles. The lowest BCUT2D eigenvalue weighted by molar-refractivity contribution is 0.205. The first kappa shape index (κ1) is 12.2. The van der Waals surface area contributed by atoms with E-state index in [1.165, 1.54) is 0 Å². The van der Waals surface area contributed by atoms with Crippen LogP contribution in [0.25, 0.3) is 0 Å². The molecular weight excluding hydrogens is 214 g/mol. The Bertz CT molecular complexity index is 365. The van der Waals surface area contributed by atoms with Crippen molar-refractivity contribution in [3.63, 3.8) is 0 Å². The maximum absolute atomic E-state index is 6.17. The number of benzene rings is 1. The summed E-state index contributed by atoms with van der Waals surface area (Å²) in [5.41, 5.74) is 0.982. The highest BCUT2D eigenvalue weighted by Crippen LogP contribution is 2.31. The van der Waals surface area contributed by atoms with Gasteiger partial charge in [-0.05, 0) is 25.2 Å². The molecule has 1 atom stereocenters. The van der Waals surface area contributed by atoms with Crippen molar-refractivity contribution in [2.45, 2.75) is 19.9 Å². The van der Waals surface area contributed by atoms with Crippen LogP contribution < -0.4 is 15.6 Å². The molecule has 0 saturated carbocycles. The van der Waals surface area contributed by atoms with Gasteiger partial charge in [-0.3, -0.25) is 5.01 Å². The van der Waals surface area contributed by atoms with Crippen LogP contribution in [-0.2, 0) is 0 Å². The lowest BCUT2D eigenvalue weighted by Gasteiger charge is -2.37. The molecule has 4 heteroatoms. The fourth-order valence-corrected chi connectivity index (χ4v) is 2.18. The maximum atomic E-state index is 6.17. The summed E-state index contributed by atoms with van der Waals surface area (Å²) in [4.78, 5) is 2.36. The van der Waals surface area contributed by atoms with Crippen LogP contribution in [0.3, 0.4) is 0 Å². The van der Waals surface area contributed by atoms with E-state index >= 15 is 0 Å². The second-order valence-corrected chi connectivity index (χ2v) is 4.33. The first-order chi connectivity index (χ1) is 8.26. The molecular formula is C13H21N3O. The fourth-order valence-electron chi connectivity index (χ4n) is 2.18. The molecule has 0 aromatic heterocycles. The number of para-hydroxylation sites is 2. The average Bonchev–Trinajstić information content (AvgIpc) is 2.38. The fraction of sp³-hybridized carbons (Fsp3) is 0.538. The van der Waals surface area contributed by atoms with Crippen LogP contribution >= 0.6 is 0 Å². The number of fused-ring (bicyclic) bond motifs is 1. The third-order valence-electron chi connectivity index (χ3n) is 3.33. The minimum atomic E-state index is 0.227. The van der Waals surface area contributed by atoms with Gasteiger partial charge in [0.1, 0.15) is 12.4 Å². The molecule has 0 spiro atoms. The van der Waals surface area contributed by atoms with Gasteiger partial charge in [-0.15, -0.1) is 0 Å². The number of nitrogens with zero attached hydrogens (tertiary/aromatic N) is 2. The van der Waals surface area contributed by atoms with E-state index in [1.807, 2.05) is 29.3 Å². The van der Waals surface area contributed by atoms with Gasteiger partial charge in [0, 0.05) is 6.54 Å². The molecule has 1 heterocycles. The zero-order chi connectivity index (χ0) is 12.3. The third-order valence-corrected chi connectivity index (χ3v) is 3.33. The number of nitrogens with two attached hydrogens (primary N) is 1. The molecule has 0 aliphatic carbocycles. The van der Waals surface area contributed by atoms with Crippen molar-refractivity contribution in [2.75, 3.05) is 31.3 Å². The Morgan fingerprint density at radius 3 is 2.76 bits per heavy atom. The molecule has 2 N–H and O–H groups in total. The third kappa shape index (κ3) is 2.53. The smallest absolute Gasteiger partial charge is 0.144 e. The van der Waals surface area contributed by atoms with Crippen molar-refractivity contribution in [3.8, 4) is 5.75 Å². The number of hydrazine groups is 1. The topological polar surface area (TPSA) is 41.7 Å². The Morgan fingerprint density at radius 1 is 1.35 bits per heavy atom. The van der Waals surface area contributed by atoms with Gasteiger partial charge >= 0.3 is 0 Å². The molecule has 94 valence electrons. The standard InChI is InChI=1S/C13H21N3O/c1-3-15(4-2)9-11-10-17-13-8-6-5-7-12(13)16(11)14/h5-8,11H,3-4,9-10,14H2,1-2H3. The average molecular weight is 235 g/mol. The molecule has 1 unspecified atom stereocenters. The lowest BCUT2D eigenvalue weighted by Crippen LogP contribution is -2.53. The minimum Gasteiger partial charge on any atom is -0.489 e. The highest BCUT2D eigenvalue weighted by molar-refractivity contribution is 5.59. The first-order valence-electron chi connectivity index (χ1n) is 6.24. The van der Waals surface area contributed by atoms with Crippen LogP contribution in [0.15, 0.2) is 24.3 Å². The van der Waals surface area contributed by atoms with Gasteiger partial charge in [-0.2, -0.15) is 0 Å². The quantitative estimate of drug-likeness (QED) is 0.802. The number of ether oxygens (including phenoxy) is 1. The molecule has 1 aromatic rings. The van der Waals surface area contributed by atoms with E-state index in [1.54, 1.807) is 0 Å². The van der Waals surface area contributed by atoms with E-state index in [-0.39, 0.29) is 6.04 Å². The number of likely N-dealkylation sites (N-methyl/N-ethyl adjacent to an activating group) is 1. The van der Waals surface area contributed by atoms with E-state index in [4.69, 9.17) is 10.6 Å². The Hall–Kier alpha value is -1.26. The highest BCUT2D eigenvalue weighted by Gasteiger charge is 2.26. The zero-order valence-corrected chi connectivity index (χ0v) is 10.6. The van der Waals surface area contributed by atoms with Gasteiger partial charge in [0.2, 0.25) is 0 Å². The summed E-state index contributed by atoms with van der Waals surface area (Å²) in [6, 6.07) is 8.15. The maximum Gasteiger partial charge on any atom is 0.144 e. The van der Waals surface area contributed by atoms with E-state index in [2.05, 4.69) is 18.7 Å². The van der Waals surface area contributed by atoms with Crippen molar-refractivity contribution in [1.82, 2.24) is 4.90 Å². The van der Waals surface area contributed by atoms with Crippen LogP contribution in [0.2, 0.25) is 0 Å². The molecule has 0 radical (unpaired) electrons. The normalized spacial score (nSPS) is 19.1. The monoisotopic (exact) mass is 235 g/mol. The van der Waals surface area contributed by atoms with E-state index < -0.39 is 0 Å². The molecule has 17 heavy (non-hydrogen) atoms. The second kappa shape index (κ2) is 5.38. The Balaban J connectivity index is 2.09. The predicted octanol–water partition coefficient (Wildman–Crippen LogP) is 1.47. The molecule has 0 saturated heterocycles. The Morgan fingerprint density at radius 2 is 2.06 bits per heavy atom. The summed E-state index contributed by atoms with van der Waals surface area (Å²) in [5, 5.41) is 1.84. The summed E-state index contributed by atoms with van der Waals surface area (Å²) in [6.07, 6.45) is 0. The molecule has 0 amide bonds. The summed E-state index contributed by atoms with van der Waals surface area (Å²) in [5.74, 6) is 7.06. The molecule has 0 bridgehead atoms.